The molecule has 1 heterocycles. The van der Waals surface area contributed by atoms with Crippen LogP contribution in [0.1, 0.15) is 30.9 Å². The quantitative estimate of drug-likeness (QED) is 0.297. The average molecular weight is 512 g/mol. The van der Waals surface area contributed by atoms with Gasteiger partial charge in [0.25, 0.3) is 0 Å². The number of hydrogen-bond acceptors (Lipinski definition) is 4. The minimum absolute atomic E-state index is 0. The number of thioether (sulfide) groups is 1. The third-order valence-electron chi connectivity index (χ3n) is 4.30. The summed E-state index contributed by atoms with van der Waals surface area (Å²) in [7, 11) is -0.0368. The number of rotatable bonds is 7. The summed E-state index contributed by atoms with van der Waals surface area (Å²) in [6, 6.07) is 7.57. The highest BCUT2D eigenvalue weighted by Gasteiger charge is 2.29. The van der Waals surface area contributed by atoms with Crippen LogP contribution >= 0.6 is 35.7 Å². The lowest BCUT2D eigenvalue weighted by molar-refractivity contribution is 0.584. The molecule has 1 aromatic rings. The maximum Gasteiger partial charge on any atom is 0.215 e. The molecule has 0 bridgehead atoms. The summed E-state index contributed by atoms with van der Waals surface area (Å²) >= 11 is 2.02. The van der Waals surface area contributed by atoms with Crippen molar-refractivity contribution >= 4 is 51.7 Å². The Kier molecular flexibility index (Phi) is 9.70. The van der Waals surface area contributed by atoms with E-state index in [9.17, 15) is 8.42 Å². The lowest BCUT2D eigenvalue weighted by Gasteiger charge is -2.24. The van der Waals surface area contributed by atoms with Gasteiger partial charge in [-0.05, 0) is 43.7 Å². The normalized spacial score (nSPS) is 20.5. The van der Waals surface area contributed by atoms with Gasteiger partial charge in [-0.3, -0.25) is 4.99 Å². The number of aliphatic imine (C=N–C) groups is 1. The predicted octanol–water partition coefficient (Wildman–Crippen LogP) is 2.30. The molecule has 1 saturated heterocycles. The van der Waals surface area contributed by atoms with E-state index in [2.05, 4.69) is 27.3 Å². The van der Waals surface area contributed by atoms with Crippen LogP contribution in [-0.2, 0) is 22.3 Å². The van der Waals surface area contributed by atoms with Crippen LogP contribution in [-0.4, -0.2) is 45.5 Å². The highest BCUT2D eigenvalue weighted by molar-refractivity contribution is 14.0. The zero-order valence-corrected chi connectivity index (χ0v) is 19.5. The van der Waals surface area contributed by atoms with Crippen molar-refractivity contribution in [2.75, 3.05) is 26.4 Å². The van der Waals surface area contributed by atoms with Gasteiger partial charge in [0.15, 0.2) is 5.96 Å². The lowest BCUT2D eigenvalue weighted by Crippen LogP contribution is -2.43. The number of hydrogen-bond donors (Lipinski definition) is 3. The fourth-order valence-corrected chi connectivity index (χ4v) is 4.72. The minimum atomic E-state index is -3.23. The second kappa shape index (κ2) is 10.7. The fraction of sp³-hybridized carbons (Fsp3) is 0.588. The monoisotopic (exact) mass is 512 g/mol. The molecule has 0 spiro atoms. The first-order chi connectivity index (χ1) is 11.9. The SMILES string of the molecule is CN=C(NCc1ccc(CS(=O)(=O)NC)cc1)NCC1(C)CCCS1.I. The van der Waals surface area contributed by atoms with E-state index in [1.807, 2.05) is 36.0 Å². The van der Waals surface area contributed by atoms with Gasteiger partial charge in [-0.15, -0.1) is 24.0 Å². The van der Waals surface area contributed by atoms with E-state index < -0.39 is 10.0 Å². The Morgan fingerprint density at radius 3 is 2.42 bits per heavy atom. The van der Waals surface area contributed by atoms with E-state index in [1.165, 1.54) is 25.6 Å². The first-order valence-corrected chi connectivity index (χ1v) is 11.1. The third-order valence-corrected chi connectivity index (χ3v) is 7.18. The van der Waals surface area contributed by atoms with E-state index in [4.69, 9.17) is 0 Å². The lowest BCUT2D eigenvalue weighted by atomic mass is 10.1. The van der Waals surface area contributed by atoms with Crippen LogP contribution in [0.2, 0.25) is 0 Å². The number of sulfonamides is 1. The van der Waals surface area contributed by atoms with Crippen molar-refractivity contribution in [2.24, 2.45) is 4.99 Å². The Labute approximate surface area is 178 Å². The van der Waals surface area contributed by atoms with Crippen LogP contribution in [0.4, 0.5) is 0 Å². The summed E-state index contributed by atoms with van der Waals surface area (Å²) in [6.45, 7) is 3.84. The molecule has 26 heavy (non-hydrogen) atoms. The van der Waals surface area contributed by atoms with Crippen LogP contribution in [0.25, 0.3) is 0 Å². The molecular weight excluding hydrogens is 483 g/mol. The van der Waals surface area contributed by atoms with Crippen molar-refractivity contribution in [1.29, 1.82) is 0 Å². The maximum atomic E-state index is 11.6. The molecule has 3 N–H and O–H groups in total. The molecule has 6 nitrogen and oxygen atoms in total. The van der Waals surface area contributed by atoms with Crippen molar-refractivity contribution < 1.29 is 8.42 Å². The standard InChI is InChI=1S/C17H28N4O2S2.HI/c1-17(9-4-10-24-17)13-21-16(18-2)20-11-14-5-7-15(8-6-14)12-25(22,23)19-3;/h5-8,19H,4,9-13H2,1-3H3,(H2,18,20,21);1H. The Balaban J connectivity index is 0.00000338. The van der Waals surface area contributed by atoms with Crippen LogP contribution in [0, 0.1) is 0 Å². The van der Waals surface area contributed by atoms with Gasteiger partial charge >= 0.3 is 0 Å². The van der Waals surface area contributed by atoms with Crippen LogP contribution in [0.3, 0.4) is 0 Å². The molecule has 1 atom stereocenters. The smallest absolute Gasteiger partial charge is 0.215 e. The van der Waals surface area contributed by atoms with Crippen LogP contribution in [0.15, 0.2) is 29.3 Å². The van der Waals surface area contributed by atoms with Crippen molar-refractivity contribution in [3.8, 4) is 0 Å². The van der Waals surface area contributed by atoms with Crippen molar-refractivity contribution in [3.63, 3.8) is 0 Å². The van der Waals surface area contributed by atoms with Gasteiger partial charge in [-0.25, -0.2) is 13.1 Å². The summed E-state index contributed by atoms with van der Waals surface area (Å²) in [5.74, 6) is 2.02. The van der Waals surface area contributed by atoms with Gasteiger partial charge in [0.2, 0.25) is 10.0 Å². The van der Waals surface area contributed by atoms with Gasteiger partial charge in [-0.2, -0.15) is 11.8 Å². The van der Waals surface area contributed by atoms with Gasteiger partial charge < -0.3 is 10.6 Å². The Bertz CT molecular complexity index is 687. The third kappa shape index (κ3) is 7.61. The molecule has 1 aliphatic rings. The van der Waals surface area contributed by atoms with E-state index >= 15 is 0 Å². The molecule has 2 rings (SSSR count). The highest BCUT2D eigenvalue weighted by atomic mass is 127. The van der Waals surface area contributed by atoms with Crippen molar-refractivity contribution in [2.45, 2.75) is 36.8 Å². The summed E-state index contributed by atoms with van der Waals surface area (Å²) in [5.41, 5.74) is 1.85. The summed E-state index contributed by atoms with van der Waals surface area (Å²) in [6.07, 6.45) is 2.52. The number of benzene rings is 1. The Hall–Kier alpha value is -0.520. The van der Waals surface area contributed by atoms with Crippen molar-refractivity contribution in [1.82, 2.24) is 15.4 Å². The molecule has 0 radical (unpaired) electrons. The molecule has 1 aliphatic heterocycles. The molecular formula is C17H29IN4O2S2. The maximum absolute atomic E-state index is 11.6. The Morgan fingerprint density at radius 1 is 1.23 bits per heavy atom. The number of nitrogens with one attached hydrogen (secondary N) is 3. The van der Waals surface area contributed by atoms with E-state index in [1.54, 1.807) is 7.05 Å². The molecule has 0 aliphatic carbocycles. The van der Waals surface area contributed by atoms with Crippen LogP contribution in [0.5, 0.6) is 0 Å². The Morgan fingerprint density at radius 2 is 1.88 bits per heavy atom. The topological polar surface area (TPSA) is 82.6 Å². The highest BCUT2D eigenvalue weighted by Crippen LogP contribution is 2.36. The first-order valence-electron chi connectivity index (χ1n) is 8.43. The molecule has 1 unspecified atom stereocenters. The second-order valence-corrected chi connectivity index (χ2v) is 10.1. The summed E-state index contributed by atoms with van der Waals surface area (Å²) in [5, 5.41) is 6.71. The summed E-state index contributed by atoms with van der Waals surface area (Å²) < 4.78 is 25.7. The molecule has 0 saturated carbocycles. The van der Waals surface area contributed by atoms with Gasteiger partial charge in [0, 0.05) is 24.9 Å². The average Bonchev–Trinajstić information content (AvgIpc) is 3.03. The van der Waals surface area contributed by atoms with E-state index in [-0.39, 0.29) is 34.5 Å². The molecule has 0 aromatic heterocycles. The van der Waals surface area contributed by atoms with Crippen LogP contribution < -0.4 is 15.4 Å². The van der Waals surface area contributed by atoms with Gasteiger partial charge in [0.05, 0.1) is 5.75 Å². The second-order valence-electron chi connectivity index (χ2n) is 6.46. The van der Waals surface area contributed by atoms with Gasteiger partial charge in [0.1, 0.15) is 0 Å². The number of guanidine groups is 1. The van der Waals surface area contributed by atoms with E-state index in [0.29, 0.717) is 6.54 Å². The zero-order chi connectivity index (χ0) is 18.3. The zero-order valence-electron chi connectivity index (χ0n) is 15.5. The van der Waals surface area contributed by atoms with Crippen molar-refractivity contribution in [3.05, 3.63) is 35.4 Å². The largest absolute Gasteiger partial charge is 0.355 e. The minimum Gasteiger partial charge on any atom is -0.355 e. The molecule has 1 aromatic carbocycles. The molecule has 1 fully saturated rings. The number of nitrogens with zero attached hydrogens (tertiary/aromatic N) is 1. The molecule has 0 amide bonds. The van der Waals surface area contributed by atoms with Gasteiger partial charge in [-0.1, -0.05) is 24.3 Å². The first kappa shape index (κ1) is 23.5. The predicted molar refractivity (Wildman–Crippen MR) is 122 cm³/mol. The molecule has 148 valence electrons. The summed E-state index contributed by atoms with van der Waals surface area (Å²) in [4.78, 5) is 4.27. The fourth-order valence-electron chi connectivity index (χ4n) is 2.70. The number of halogens is 1. The van der Waals surface area contributed by atoms with E-state index in [0.717, 1.165) is 23.6 Å². The molecule has 9 heteroatoms.